The summed E-state index contributed by atoms with van der Waals surface area (Å²) in [4.78, 5) is 13.5. The summed E-state index contributed by atoms with van der Waals surface area (Å²) >= 11 is 0. The molecule has 1 amide bonds. The Morgan fingerprint density at radius 2 is 2.04 bits per heavy atom. The van der Waals surface area contributed by atoms with Gasteiger partial charge < -0.3 is 16.2 Å². The van der Waals surface area contributed by atoms with Gasteiger partial charge in [0.25, 0.3) is 5.91 Å². The van der Waals surface area contributed by atoms with Crippen LogP contribution in [0.5, 0.6) is 0 Å². The maximum Gasteiger partial charge on any atom is 0.252 e. The van der Waals surface area contributed by atoms with Crippen molar-refractivity contribution in [3.63, 3.8) is 0 Å². The minimum atomic E-state index is -0.632. The Labute approximate surface area is 161 Å². The molecule has 4 nitrogen and oxygen atoms in total. The molecule has 27 heavy (non-hydrogen) atoms. The molecule has 0 heterocycles. The Morgan fingerprint density at radius 1 is 1.26 bits per heavy atom. The van der Waals surface area contributed by atoms with Crippen LogP contribution < -0.4 is 11.1 Å². The molecule has 4 aliphatic rings. The molecule has 1 aromatic carbocycles. The van der Waals surface area contributed by atoms with Crippen LogP contribution in [0.1, 0.15) is 67.4 Å². The summed E-state index contributed by atoms with van der Waals surface area (Å²) < 4.78 is 0. The van der Waals surface area contributed by atoms with Crippen LogP contribution in [0.2, 0.25) is 0 Å². The molecule has 0 radical (unpaired) electrons. The number of carbonyl (C=O) groups excluding carboxylic acids is 1. The number of amides is 1. The Balaban J connectivity index is 1.44. The van der Waals surface area contributed by atoms with Gasteiger partial charge >= 0.3 is 0 Å². The lowest BCUT2D eigenvalue weighted by atomic mass is 9.35. The van der Waals surface area contributed by atoms with E-state index in [9.17, 15) is 9.90 Å². The van der Waals surface area contributed by atoms with E-state index in [-0.39, 0.29) is 17.5 Å². The van der Waals surface area contributed by atoms with Crippen LogP contribution in [0, 0.1) is 23.2 Å². The van der Waals surface area contributed by atoms with Gasteiger partial charge in [0.1, 0.15) is 0 Å². The fourth-order valence-electron chi connectivity index (χ4n) is 7.50. The van der Waals surface area contributed by atoms with Gasteiger partial charge in [-0.05, 0) is 79.7 Å². The zero-order valence-electron chi connectivity index (χ0n) is 16.5. The zero-order chi connectivity index (χ0) is 19.0. The van der Waals surface area contributed by atoms with Gasteiger partial charge in [0.2, 0.25) is 0 Å². The number of carbonyl (C=O) groups is 1. The molecule has 0 aromatic heterocycles. The topological polar surface area (TPSA) is 75.3 Å². The minimum Gasteiger partial charge on any atom is -0.391 e. The van der Waals surface area contributed by atoms with Crippen molar-refractivity contribution < 1.29 is 9.90 Å². The minimum absolute atomic E-state index is 0.0540. The molecule has 4 heteroatoms. The summed E-state index contributed by atoms with van der Waals surface area (Å²) in [5.74, 6) is 2.61. The highest BCUT2D eigenvalue weighted by molar-refractivity contribution is 5.98. The second-order valence-corrected chi connectivity index (χ2v) is 9.86. The monoisotopic (exact) mass is 368 g/mol. The third-order valence-corrected chi connectivity index (χ3v) is 8.63. The molecule has 2 bridgehead atoms. The highest BCUT2D eigenvalue weighted by atomic mass is 16.3. The normalized spacial score (nSPS) is 39.9. The third kappa shape index (κ3) is 2.20. The van der Waals surface area contributed by atoms with Crippen LogP contribution in [-0.4, -0.2) is 28.7 Å². The number of aryl methyl sites for hydroxylation is 1. The van der Waals surface area contributed by atoms with Crippen molar-refractivity contribution in [3.05, 3.63) is 34.9 Å². The molecule has 4 aliphatic carbocycles. The second-order valence-electron chi connectivity index (χ2n) is 9.86. The number of nitrogens with two attached hydrogens (primary N) is 1. The zero-order valence-corrected chi connectivity index (χ0v) is 16.5. The maximum atomic E-state index is 13.5. The van der Waals surface area contributed by atoms with Crippen LogP contribution in [0.25, 0.3) is 0 Å². The summed E-state index contributed by atoms with van der Waals surface area (Å²) in [5.41, 5.74) is 9.14. The van der Waals surface area contributed by atoms with E-state index < -0.39 is 6.10 Å². The van der Waals surface area contributed by atoms with Crippen molar-refractivity contribution in [1.29, 1.82) is 0 Å². The molecule has 4 fully saturated rings. The number of hydrogen-bond acceptors (Lipinski definition) is 3. The van der Waals surface area contributed by atoms with Crippen LogP contribution >= 0.6 is 0 Å². The first kappa shape index (κ1) is 17.7. The van der Waals surface area contributed by atoms with E-state index in [1.165, 1.54) is 32.1 Å². The fourth-order valence-corrected chi connectivity index (χ4v) is 7.50. The lowest BCUT2D eigenvalue weighted by Crippen LogP contribution is -2.76. The molecule has 7 atom stereocenters. The first-order valence-corrected chi connectivity index (χ1v) is 10.8. The summed E-state index contributed by atoms with van der Waals surface area (Å²) in [6, 6.07) is 5.71. The number of rotatable bonds is 6. The largest absolute Gasteiger partial charge is 0.391 e. The lowest BCUT2D eigenvalue weighted by Gasteiger charge is -2.72. The standard InChI is InChI=1S/C23H32N2O2/c1-3-15-5-4-6-16(8-19(26)13(2)24)20(15)21(27)25-22-10-14-7-17-9-18(12-22)23(17,22)11-14/h4-6,13-14,17-19,26H,3,7-12,24H2,1-2H3,(H,25,27)/t13-,14?,17?,18?,19?,22?,23?/m0/s1. The van der Waals surface area contributed by atoms with Gasteiger partial charge in [-0.15, -0.1) is 0 Å². The van der Waals surface area contributed by atoms with Crippen molar-refractivity contribution in [2.45, 2.75) is 76.5 Å². The molecular formula is C23H32N2O2. The SMILES string of the molecule is CCc1cccc(CC(O)[C@H](C)N)c1C(=O)NC12CC3CC4CC(C1)C42C3. The van der Waals surface area contributed by atoms with Gasteiger partial charge in [0.05, 0.1) is 6.10 Å². The predicted molar refractivity (Wildman–Crippen MR) is 105 cm³/mol. The highest BCUT2D eigenvalue weighted by Gasteiger charge is 2.80. The summed E-state index contributed by atoms with van der Waals surface area (Å²) in [6.45, 7) is 3.90. The molecule has 0 aliphatic heterocycles. The quantitative estimate of drug-likeness (QED) is 0.723. The number of aliphatic hydroxyl groups is 1. The van der Waals surface area contributed by atoms with Gasteiger partial charge in [-0.3, -0.25) is 4.79 Å². The van der Waals surface area contributed by atoms with Gasteiger partial charge in [-0.2, -0.15) is 0 Å². The number of fused-ring (bicyclic) bond motifs is 1. The van der Waals surface area contributed by atoms with Crippen LogP contribution in [0.4, 0.5) is 0 Å². The highest BCUT2D eigenvalue weighted by Crippen LogP contribution is 2.82. The van der Waals surface area contributed by atoms with E-state index in [0.717, 1.165) is 40.9 Å². The molecule has 5 rings (SSSR count). The van der Waals surface area contributed by atoms with E-state index in [1.807, 2.05) is 25.1 Å². The summed E-state index contributed by atoms with van der Waals surface area (Å²) in [6.07, 6.45) is 7.10. The molecule has 1 spiro atoms. The molecule has 0 saturated heterocycles. The van der Waals surface area contributed by atoms with Crippen LogP contribution in [0.15, 0.2) is 18.2 Å². The predicted octanol–water partition coefficient (Wildman–Crippen LogP) is 2.81. The molecule has 6 unspecified atom stereocenters. The smallest absolute Gasteiger partial charge is 0.252 e. The van der Waals surface area contributed by atoms with Crippen LogP contribution in [0.3, 0.4) is 0 Å². The van der Waals surface area contributed by atoms with Crippen molar-refractivity contribution in [1.82, 2.24) is 5.32 Å². The van der Waals surface area contributed by atoms with E-state index in [4.69, 9.17) is 5.73 Å². The first-order valence-electron chi connectivity index (χ1n) is 10.8. The van der Waals surface area contributed by atoms with Crippen molar-refractivity contribution in [2.75, 3.05) is 0 Å². The molecule has 4 N–H and O–H groups in total. The Kier molecular flexibility index (Phi) is 3.80. The molecule has 1 aromatic rings. The third-order valence-electron chi connectivity index (χ3n) is 8.63. The Bertz CT molecular complexity index is 791. The van der Waals surface area contributed by atoms with Crippen LogP contribution in [-0.2, 0) is 12.8 Å². The van der Waals surface area contributed by atoms with E-state index in [1.54, 1.807) is 0 Å². The number of hydrogen-bond donors (Lipinski definition) is 3. The molecule has 146 valence electrons. The lowest BCUT2D eigenvalue weighted by molar-refractivity contribution is -0.201. The Morgan fingerprint density at radius 3 is 2.70 bits per heavy atom. The van der Waals surface area contributed by atoms with Gasteiger partial charge in [-0.1, -0.05) is 25.1 Å². The molecular weight excluding hydrogens is 336 g/mol. The van der Waals surface area contributed by atoms with Crippen molar-refractivity contribution in [3.8, 4) is 0 Å². The average molecular weight is 369 g/mol. The number of aliphatic hydroxyl groups excluding tert-OH is 1. The molecule has 4 saturated carbocycles. The van der Waals surface area contributed by atoms with Gasteiger partial charge in [0, 0.05) is 23.6 Å². The number of benzene rings is 1. The summed E-state index contributed by atoms with van der Waals surface area (Å²) in [7, 11) is 0. The van der Waals surface area contributed by atoms with Crippen molar-refractivity contribution in [2.24, 2.45) is 28.9 Å². The summed E-state index contributed by atoms with van der Waals surface area (Å²) in [5, 5.41) is 13.9. The second kappa shape index (κ2) is 5.81. The van der Waals surface area contributed by atoms with E-state index in [2.05, 4.69) is 12.2 Å². The number of nitrogens with one attached hydrogen (secondary N) is 1. The average Bonchev–Trinajstić information content (AvgIpc) is 3.10. The van der Waals surface area contributed by atoms with Gasteiger partial charge in [-0.25, -0.2) is 0 Å². The fraction of sp³-hybridized carbons (Fsp3) is 0.696. The van der Waals surface area contributed by atoms with E-state index in [0.29, 0.717) is 11.8 Å². The van der Waals surface area contributed by atoms with E-state index >= 15 is 0 Å². The van der Waals surface area contributed by atoms with Gasteiger partial charge in [0.15, 0.2) is 0 Å². The van der Waals surface area contributed by atoms with Crippen molar-refractivity contribution >= 4 is 5.91 Å². The Hall–Kier alpha value is -1.39. The maximum absolute atomic E-state index is 13.5. The first-order chi connectivity index (χ1) is 12.9.